The predicted molar refractivity (Wildman–Crippen MR) is 84.8 cm³/mol. The van der Waals surface area contributed by atoms with Gasteiger partial charge >= 0.3 is 0 Å². The van der Waals surface area contributed by atoms with Crippen LogP contribution in [0.2, 0.25) is 0 Å². The SMILES string of the molecule is CCc1cccc(F)c1-c1n[nH]c2cc(Br)c(F)cc2c1=O. The fraction of sp³-hybridized carbons (Fsp3) is 0.125. The molecule has 0 aliphatic carbocycles. The third-order valence-electron chi connectivity index (χ3n) is 3.53. The number of hydrogen-bond donors (Lipinski definition) is 1. The van der Waals surface area contributed by atoms with Crippen molar-refractivity contribution in [2.75, 3.05) is 0 Å². The van der Waals surface area contributed by atoms with Crippen molar-refractivity contribution in [1.82, 2.24) is 10.2 Å². The van der Waals surface area contributed by atoms with Crippen molar-refractivity contribution < 1.29 is 8.78 Å². The summed E-state index contributed by atoms with van der Waals surface area (Å²) in [7, 11) is 0. The molecule has 3 rings (SSSR count). The van der Waals surface area contributed by atoms with Crippen LogP contribution in [0.5, 0.6) is 0 Å². The van der Waals surface area contributed by atoms with E-state index in [-0.39, 0.29) is 21.1 Å². The number of rotatable bonds is 2. The molecule has 1 aromatic heterocycles. The molecule has 3 aromatic rings. The first-order chi connectivity index (χ1) is 10.5. The van der Waals surface area contributed by atoms with E-state index in [2.05, 4.69) is 26.1 Å². The van der Waals surface area contributed by atoms with Gasteiger partial charge in [0.15, 0.2) is 0 Å². The van der Waals surface area contributed by atoms with Crippen LogP contribution in [0.25, 0.3) is 22.2 Å². The number of nitrogens with one attached hydrogen (secondary N) is 1. The molecule has 1 N–H and O–H groups in total. The Balaban J connectivity index is 2.37. The molecule has 2 aromatic carbocycles. The molecule has 0 radical (unpaired) electrons. The minimum Gasteiger partial charge on any atom is -0.287 e. The first-order valence-corrected chi connectivity index (χ1v) is 7.47. The molecule has 0 saturated heterocycles. The van der Waals surface area contributed by atoms with E-state index in [4.69, 9.17) is 0 Å². The molecule has 0 bridgehead atoms. The maximum absolute atomic E-state index is 14.2. The average molecular weight is 365 g/mol. The van der Waals surface area contributed by atoms with Gasteiger partial charge in [-0.1, -0.05) is 19.1 Å². The van der Waals surface area contributed by atoms with Gasteiger partial charge in [0.2, 0.25) is 5.43 Å². The van der Waals surface area contributed by atoms with Crippen molar-refractivity contribution in [3.63, 3.8) is 0 Å². The zero-order chi connectivity index (χ0) is 15.9. The van der Waals surface area contributed by atoms with Gasteiger partial charge in [-0.05, 0) is 46.1 Å². The molecular weight excluding hydrogens is 354 g/mol. The number of aromatic nitrogens is 2. The van der Waals surface area contributed by atoms with Gasteiger partial charge in [-0.25, -0.2) is 8.78 Å². The lowest BCUT2D eigenvalue weighted by Gasteiger charge is -2.09. The van der Waals surface area contributed by atoms with Crippen LogP contribution in [0.3, 0.4) is 0 Å². The Labute approximate surface area is 133 Å². The van der Waals surface area contributed by atoms with Crippen LogP contribution in [0.1, 0.15) is 12.5 Å². The first kappa shape index (κ1) is 14.8. The molecule has 0 spiro atoms. The summed E-state index contributed by atoms with van der Waals surface area (Å²) in [6.07, 6.45) is 0.556. The summed E-state index contributed by atoms with van der Waals surface area (Å²) >= 11 is 3.05. The van der Waals surface area contributed by atoms with E-state index in [1.54, 1.807) is 12.1 Å². The van der Waals surface area contributed by atoms with E-state index in [0.29, 0.717) is 17.5 Å². The van der Waals surface area contributed by atoms with Gasteiger partial charge in [0, 0.05) is 5.56 Å². The van der Waals surface area contributed by atoms with Crippen molar-refractivity contribution in [1.29, 1.82) is 0 Å². The van der Waals surface area contributed by atoms with Gasteiger partial charge in [-0.15, -0.1) is 0 Å². The summed E-state index contributed by atoms with van der Waals surface area (Å²) in [5.74, 6) is -1.08. The fourth-order valence-electron chi connectivity index (χ4n) is 2.42. The lowest BCUT2D eigenvalue weighted by Crippen LogP contribution is -2.12. The maximum atomic E-state index is 14.2. The molecule has 0 amide bonds. The fourth-order valence-corrected chi connectivity index (χ4v) is 2.76. The number of aryl methyl sites for hydroxylation is 1. The van der Waals surface area contributed by atoms with E-state index < -0.39 is 17.1 Å². The zero-order valence-corrected chi connectivity index (χ0v) is 13.2. The monoisotopic (exact) mass is 364 g/mol. The van der Waals surface area contributed by atoms with Crippen molar-refractivity contribution in [2.24, 2.45) is 0 Å². The molecular formula is C16H11BrF2N2O. The predicted octanol–water partition coefficient (Wildman–Crippen LogP) is 4.19. The Morgan fingerprint density at radius 3 is 2.73 bits per heavy atom. The lowest BCUT2D eigenvalue weighted by molar-refractivity contribution is 0.622. The highest BCUT2D eigenvalue weighted by Gasteiger charge is 2.17. The summed E-state index contributed by atoms with van der Waals surface area (Å²) < 4.78 is 28.1. The van der Waals surface area contributed by atoms with Crippen LogP contribution in [-0.2, 0) is 6.42 Å². The second kappa shape index (κ2) is 5.61. The third kappa shape index (κ3) is 2.33. The highest BCUT2D eigenvalue weighted by Crippen LogP contribution is 2.25. The van der Waals surface area contributed by atoms with Gasteiger partial charge in [0.1, 0.15) is 17.3 Å². The number of aromatic amines is 1. The van der Waals surface area contributed by atoms with Gasteiger partial charge < -0.3 is 0 Å². The molecule has 0 fully saturated rings. The van der Waals surface area contributed by atoms with Gasteiger partial charge in [0.25, 0.3) is 0 Å². The molecule has 6 heteroatoms. The molecule has 1 heterocycles. The molecule has 0 aliphatic rings. The van der Waals surface area contributed by atoms with Crippen LogP contribution < -0.4 is 5.43 Å². The summed E-state index contributed by atoms with van der Waals surface area (Å²) in [5, 5.41) is 6.82. The van der Waals surface area contributed by atoms with Crippen LogP contribution in [0.4, 0.5) is 8.78 Å². The molecule has 0 atom stereocenters. The Morgan fingerprint density at radius 1 is 1.23 bits per heavy atom. The Hall–Kier alpha value is -2.08. The van der Waals surface area contributed by atoms with Crippen molar-refractivity contribution in [3.8, 4) is 11.3 Å². The number of benzene rings is 2. The van der Waals surface area contributed by atoms with Gasteiger partial charge in [0.05, 0.1) is 15.4 Å². The topological polar surface area (TPSA) is 45.8 Å². The summed E-state index contributed by atoms with van der Waals surface area (Å²) in [6, 6.07) is 7.17. The summed E-state index contributed by atoms with van der Waals surface area (Å²) in [5.41, 5.74) is 0.687. The molecule has 3 nitrogen and oxygen atoms in total. The zero-order valence-electron chi connectivity index (χ0n) is 11.6. The minimum absolute atomic E-state index is 0.0378. The Morgan fingerprint density at radius 2 is 2.00 bits per heavy atom. The number of halogens is 3. The average Bonchev–Trinajstić information content (AvgIpc) is 2.50. The van der Waals surface area contributed by atoms with E-state index in [1.807, 2.05) is 6.92 Å². The summed E-state index contributed by atoms with van der Waals surface area (Å²) in [4.78, 5) is 12.6. The normalized spacial score (nSPS) is 11.1. The third-order valence-corrected chi connectivity index (χ3v) is 4.13. The number of H-pyrrole nitrogens is 1. The highest BCUT2D eigenvalue weighted by atomic mass is 79.9. The second-order valence-corrected chi connectivity index (χ2v) is 5.70. The van der Waals surface area contributed by atoms with E-state index >= 15 is 0 Å². The maximum Gasteiger partial charge on any atom is 0.216 e. The van der Waals surface area contributed by atoms with Crippen molar-refractivity contribution in [3.05, 3.63) is 62.2 Å². The van der Waals surface area contributed by atoms with Gasteiger partial charge in [-0.2, -0.15) is 5.10 Å². The molecule has 0 unspecified atom stereocenters. The standard InChI is InChI=1S/C16H11BrF2N2O/c1-2-8-4-3-5-11(18)14(8)15-16(22)9-6-12(19)10(17)7-13(9)20-21-15/h3-7H,2H2,1H3,(H,20,22). The van der Waals surface area contributed by atoms with E-state index in [9.17, 15) is 13.6 Å². The smallest absolute Gasteiger partial charge is 0.216 e. The highest BCUT2D eigenvalue weighted by molar-refractivity contribution is 9.10. The van der Waals surface area contributed by atoms with Crippen LogP contribution >= 0.6 is 15.9 Å². The number of hydrogen-bond acceptors (Lipinski definition) is 2. The van der Waals surface area contributed by atoms with E-state index in [1.165, 1.54) is 12.1 Å². The molecule has 22 heavy (non-hydrogen) atoms. The Kier molecular flexibility index (Phi) is 3.78. The molecule has 0 saturated carbocycles. The molecule has 112 valence electrons. The van der Waals surface area contributed by atoms with Crippen molar-refractivity contribution >= 4 is 26.8 Å². The number of nitrogens with zero attached hydrogens (tertiary/aromatic N) is 1. The van der Waals surface area contributed by atoms with Crippen LogP contribution in [0.15, 0.2) is 39.6 Å². The van der Waals surface area contributed by atoms with Crippen LogP contribution in [0, 0.1) is 11.6 Å². The number of fused-ring (bicyclic) bond motifs is 1. The van der Waals surface area contributed by atoms with Crippen molar-refractivity contribution in [2.45, 2.75) is 13.3 Å². The molecule has 0 aliphatic heterocycles. The van der Waals surface area contributed by atoms with E-state index in [0.717, 1.165) is 6.07 Å². The van der Waals surface area contributed by atoms with Gasteiger partial charge in [-0.3, -0.25) is 9.89 Å². The minimum atomic E-state index is -0.556. The quantitative estimate of drug-likeness (QED) is 0.740. The largest absolute Gasteiger partial charge is 0.287 e. The lowest BCUT2D eigenvalue weighted by atomic mass is 10.0. The van der Waals surface area contributed by atoms with Crippen LogP contribution in [-0.4, -0.2) is 10.2 Å². The second-order valence-electron chi connectivity index (χ2n) is 4.84. The Bertz CT molecular complexity index is 937. The summed E-state index contributed by atoms with van der Waals surface area (Å²) in [6.45, 7) is 1.87. The first-order valence-electron chi connectivity index (χ1n) is 6.68.